The monoisotopic (exact) mass is 869 g/mol. The van der Waals surface area contributed by atoms with Gasteiger partial charge in [-0.2, -0.15) is 0 Å². The molecule has 0 bridgehead atoms. The second-order valence-corrected chi connectivity index (χ2v) is 19.6. The maximum Gasteiger partial charge on any atom is 0.309 e. The van der Waals surface area contributed by atoms with Crippen LogP contribution in [0.4, 0.5) is 5.69 Å². The molecule has 1 fully saturated rings. The SMILES string of the molecule is CCCCCCN(C(=O)[C@@H](NC(=O)[C@@]1(C)CCCN1C)[C@@H](C)CC)[C@H](C[C@@H](OC(C)=O)c1nc(C(=O)N[C@@H](Cc2ccc(NC(C)C)cc2)CC(C)(C)C(=O)O)cs1)C(C)C. The number of carboxylic acid groups (broad SMARTS) is 1. The van der Waals surface area contributed by atoms with E-state index in [1.165, 1.54) is 18.3 Å². The van der Waals surface area contributed by atoms with Gasteiger partial charge in [-0.25, -0.2) is 4.98 Å². The van der Waals surface area contributed by atoms with Gasteiger partial charge in [0.05, 0.1) is 11.0 Å². The molecule has 1 saturated heterocycles. The van der Waals surface area contributed by atoms with E-state index in [-0.39, 0.29) is 48.2 Å². The second kappa shape index (κ2) is 23.4. The number of carbonyl (C=O) groups excluding carboxylic acids is 4. The summed E-state index contributed by atoms with van der Waals surface area (Å²) in [5, 5.41) is 21.6. The maximum absolute atomic E-state index is 14.9. The first kappa shape index (κ1) is 51.3. The molecule has 2 heterocycles. The van der Waals surface area contributed by atoms with Crippen molar-refractivity contribution in [1.82, 2.24) is 25.4 Å². The summed E-state index contributed by atoms with van der Waals surface area (Å²) in [5.74, 6) is -2.42. The fourth-order valence-corrected chi connectivity index (χ4v) is 8.94. The zero-order valence-electron chi connectivity index (χ0n) is 39.1. The Labute approximate surface area is 369 Å². The third-order valence-electron chi connectivity index (χ3n) is 12.3. The predicted molar refractivity (Wildman–Crippen MR) is 244 cm³/mol. The zero-order chi connectivity index (χ0) is 45.7. The highest BCUT2D eigenvalue weighted by atomic mass is 32.1. The van der Waals surface area contributed by atoms with Crippen LogP contribution in [0.25, 0.3) is 0 Å². The Balaban J connectivity index is 1.95. The van der Waals surface area contributed by atoms with Crippen LogP contribution in [0.15, 0.2) is 29.6 Å². The lowest BCUT2D eigenvalue weighted by atomic mass is 9.84. The Hall–Kier alpha value is -4.04. The number of aliphatic carboxylic acids is 1. The van der Waals surface area contributed by atoms with Crippen LogP contribution in [0.2, 0.25) is 0 Å². The van der Waals surface area contributed by atoms with E-state index in [1.807, 2.05) is 70.8 Å². The first-order valence-electron chi connectivity index (χ1n) is 22.5. The molecule has 2 aromatic rings. The third kappa shape index (κ3) is 14.8. The van der Waals surface area contributed by atoms with Crippen LogP contribution in [-0.2, 0) is 30.3 Å². The summed E-state index contributed by atoms with van der Waals surface area (Å²) >= 11 is 1.20. The molecule has 13 nitrogen and oxygen atoms in total. The molecule has 0 spiro atoms. The molecule has 1 aromatic carbocycles. The molecular formula is C47H76N6O7S. The number of ether oxygens (including phenoxy) is 1. The van der Waals surface area contributed by atoms with Crippen molar-refractivity contribution in [2.45, 2.75) is 176 Å². The molecule has 6 atom stereocenters. The van der Waals surface area contributed by atoms with Gasteiger partial charge in [-0.15, -0.1) is 11.3 Å². The van der Waals surface area contributed by atoms with Crippen LogP contribution >= 0.6 is 11.3 Å². The summed E-state index contributed by atoms with van der Waals surface area (Å²) in [5.41, 5.74) is 0.227. The van der Waals surface area contributed by atoms with Gasteiger partial charge < -0.3 is 30.7 Å². The van der Waals surface area contributed by atoms with E-state index in [2.05, 4.69) is 41.6 Å². The van der Waals surface area contributed by atoms with Gasteiger partial charge in [0.2, 0.25) is 11.8 Å². The van der Waals surface area contributed by atoms with E-state index in [9.17, 15) is 29.1 Å². The number of rotatable bonds is 25. The van der Waals surface area contributed by atoms with Crippen molar-refractivity contribution in [2.24, 2.45) is 17.3 Å². The first-order valence-corrected chi connectivity index (χ1v) is 23.4. The van der Waals surface area contributed by atoms with Crippen LogP contribution in [-0.4, -0.2) is 99.4 Å². The Morgan fingerprint density at radius 1 is 1.02 bits per heavy atom. The number of thiazole rings is 1. The summed E-state index contributed by atoms with van der Waals surface area (Å²) in [6, 6.07) is 6.49. The molecule has 1 aromatic heterocycles. The van der Waals surface area contributed by atoms with Gasteiger partial charge in [0.15, 0.2) is 6.10 Å². The minimum atomic E-state index is -1.11. The van der Waals surface area contributed by atoms with Crippen molar-refractivity contribution in [3.8, 4) is 0 Å². The zero-order valence-corrected chi connectivity index (χ0v) is 39.9. The van der Waals surface area contributed by atoms with Crippen LogP contribution in [0.3, 0.4) is 0 Å². The fourth-order valence-electron chi connectivity index (χ4n) is 8.10. The van der Waals surface area contributed by atoms with Crippen molar-refractivity contribution < 1.29 is 33.8 Å². The maximum atomic E-state index is 14.9. The van der Waals surface area contributed by atoms with Gasteiger partial charge in [-0.1, -0.05) is 72.4 Å². The van der Waals surface area contributed by atoms with Crippen molar-refractivity contribution in [3.05, 3.63) is 45.9 Å². The van der Waals surface area contributed by atoms with E-state index in [0.717, 1.165) is 56.3 Å². The Kier molecular flexibility index (Phi) is 19.7. The molecule has 14 heteroatoms. The molecule has 0 aliphatic carbocycles. The number of carboxylic acids is 1. The number of hydrogen-bond donors (Lipinski definition) is 4. The lowest BCUT2D eigenvalue weighted by Crippen LogP contribution is -2.60. The van der Waals surface area contributed by atoms with Gasteiger partial charge in [0.25, 0.3) is 5.91 Å². The number of anilines is 1. The Morgan fingerprint density at radius 3 is 2.23 bits per heavy atom. The lowest BCUT2D eigenvalue weighted by molar-refractivity contribution is -0.150. The molecule has 1 aliphatic rings. The number of nitrogens with zero attached hydrogens (tertiary/aromatic N) is 3. The number of carbonyl (C=O) groups is 5. The smallest absolute Gasteiger partial charge is 0.309 e. The summed E-state index contributed by atoms with van der Waals surface area (Å²) in [7, 11) is 1.95. The second-order valence-electron chi connectivity index (χ2n) is 18.7. The Bertz CT molecular complexity index is 1750. The standard InChI is InChI=1S/C47H76N6O7S/c1-13-15-16-17-25-53(43(56)40(32(7)14-2)51-44(57)47(11)23-18-24-52(47)12)38(30(3)4)27-39(60-33(8)54)42-50-37(29-61-42)41(55)49-36(28-46(9,10)45(58)59)26-34-19-21-35(22-20-34)48-31(5)6/h19-22,29-32,36,38-40,48H,13-18,23-28H2,1-12H3,(H,49,55)(H,51,57)(H,58,59)/t32-,36-,38+,39+,40-,47+/m0/s1. The fraction of sp³-hybridized carbons (Fsp3) is 0.702. The van der Waals surface area contributed by atoms with Crippen molar-refractivity contribution in [3.63, 3.8) is 0 Å². The lowest BCUT2D eigenvalue weighted by Gasteiger charge is -2.40. The molecule has 1 aliphatic heterocycles. The topological polar surface area (TPSA) is 170 Å². The quantitative estimate of drug-likeness (QED) is 0.0563. The van der Waals surface area contributed by atoms with E-state index >= 15 is 0 Å². The number of likely N-dealkylation sites (N-methyl/N-ethyl adjacent to an activating group) is 1. The van der Waals surface area contributed by atoms with E-state index in [0.29, 0.717) is 24.4 Å². The van der Waals surface area contributed by atoms with Gasteiger partial charge in [0, 0.05) is 49.1 Å². The number of nitrogens with one attached hydrogen (secondary N) is 3. The van der Waals surface area contributed by atoms with E-state index < -0.39 is 53.0 Å². The number of likely N-dealkylation sites (tertiary alicyclic amines) is 1. The molecule has 0 unspecified atom stereocenters. The molecule has 0 saturated carbocycles. The highest BCUT2D eigenvalue weighted by molar-refractivity contribution is 7.09. The van der Waals surface area contributed by atoms with Gasteiger partial charge in [0.1, 0.15) is 16.7 Å². The van der Waals surface area contributed by atoms with Crippen LogP contribution in [0.5, 0.6) is 0 Å². The van der Waals surface area contributed by atoms with Crippen molar-refractivity contribution >= 4 is 46.7 Å². The van der Waals surface area contributed by atoms with Gasteiger partial charge in [-0.05, 0) is 110 Å². The van der Waals surface area contributed by atoms with Gasteiger partial charge >= 0.3 is 11.9 Å². The van der Waals surface area contributed by atoms with Crippen molar-refractivity contribution in [1.29, 1.82) is 0 Å². The summed E-state index contributed by atoms with van der Waals surface area (Å²) in [6.07, 6.45) is 6.08. The summed E-state index contributed by atoms with van der Waals surface area (Å²) < 4.78 is 5.95. The molecule has 3 rings (SSSR count). The number of unbranched alkanes of at least 4 members (excludes halogenated alkanes) is 3. The normalized spacial score (nSPS) is 18.3. The molecular weight excluding hydrogens is 793 g/mol. The van der Waals surface area contributed by atoms with Gasteiger partial charge in [-0.3, -0.25) is 28.9 Å². The van der Waals surface area contributed by atoms with Crippen molar-refractivity contribution in [2.75, 3.05) is 25.5 Å². The molecule has 61 heavy (non-hydrogen) atoms. The van der Waals surface area contributed by atoms with E-state index in [1.54, 1.807) is 19.2 Å². The molecule has 4 N–H and O–H groups in total. The first-order chi connectivity index (χ1) is 28.6. The molecule has 0 radical (unpaired) electrons. The average Bonchev–Trinajstić information content (AvgIpc) is 3.82. The average molecular weight is 869 g/mol. The number of hydrogen-bond acceptors (Lipinski definition) is 10. The number of amides is 3. The summed E-state index contributed by atoms with van der Waals surface area (Å²) in [6.45, 7) is 22.2. The molecule has 342 valence electrons. The highest BCUT2D eigenvalue weighted by Gasteiger charge is 2.44. The third-order valence-corrected chi connectivity index (χ3v) is 13.3. The van der Waals surface area contributed by atoms with Crippen LogP contribution in [0, 0.1) is 17.3 Å². The largest absolute Gasteiger partial charge is 0.481 e. The summed E-state index contributed by atoms with van der Waals surface area (Å²) in [4.78, 5) is 76.3. The van der Waals surface area contributed by atoms with Crippen LogP contribution < -0.4 is 16.0 Å². The van der Waals surface area contributed by atoms with Crippen LogP contribution in [0.1, 0.15) is 161 Å². The molecule has 3 amide bonds. The predicted octanol–water partition coefficient (Wildman–Crippen LogP) is 8.25. The minimum absolute atomic E-state index is 0.0590. The number of aromatic nitrogens is 1. The Morgan fingerprint density at radius 2 is 1.69 bits per heavy atom. The number of esters is 1. The highest BCUT2D eigenvalue weighted by Crippen LogP contribution is 2.33. The van der Waals surface area contributed by atoms with E-state index in [4.69, 9.17) is 9.72 Å². The number of benzene rings is 1. The minimum Gasteiger partial charge on any atom is -0.481 e.